The van der Waals surface area contributed by atoms with Crippen LogP contribution in [0.1, 0.15) is 68.2 Å². The lowest BCUT2D eigenvalue weighted by atomic mass is 9.77. The van der Waals surface area contributed by atoms with Crippen molar-refractivity contribution in [1.82, 2.24) is 9.97 Å². The van der Waals surface area contributed by atoms with Crippen LogP contribution in [0.25, 0.3) is 0 Å². The Bertz CT molecular complexity index is 493. The van der Waals surface area contributed by atoms with E-state index < -0.39 is 0 Å². The van der Waals surface area contributed by atoms with E-state index >= 15 is 0 Å². The van der Waals surface area contributed by atoms with Crippen molar-refractivity contribution >= 4 is 5.97 Å². The molecule has 1 aromatic heterocycles. The van der Waals surface area contributed by atoms with Crippen LogP contribution in [0.15, 0.2) is 6.20 Å². The van der Waals surface area contributed by atoms with Crippen molar-refractivity contribution in [3.63, 3.8) is 0 Å². The smallest absolute Gasteiger partial charge is 0.356 e. The van der Waals surface area contributed by atoms with E-state index in [1.165, 1.54) is 6.42 Å². The molecule has 0 aromatic carbocycles. The molecule has 110 valence electrons. The van der Waals surface area contributed by atoms with Gasteiger partial charge in [-0.1, -0.05) is 13.3 Å². The number of hydrogen-bond donors (Lipinski definition) is 2. The predicted octanol–water partition coefficient (Wildman–Crippen LogP) is 2.48. The quantitative estimate of drug-likeness (QED) is 0.832. The van der Waals surface area contributed by atoms with Crippen LogP contribution in [-0.2, 0) is 10.3 Å². The maximum atomic E-state index is 12.1. The number of carbonyl (C=O) groups excluding carboxylic acids is 1. The van der Waals surface area contributed by atoms with E-state index in [4.69, 9.17) is 10.5 Å². The first-order valence-corrected chi connectivity index (χ1v) is 7.62. The van der Waals surface area contributed by atoms with Crippen LogP contribution < -0.4 is 5.73 Å². The molecule has 5 heteroatoms. The number of carbonyl (C=O) groups is 1. The molecule has 0 radical (unpaired) electrons. The van der Waals surface area contributed by atoms with E-state index in [2.05, 4.69) is 16.9 Å². The molecule has 2 aliphatic rings. The van der Waals surface area contributed by atoms with Crippen molar-refractivity contribution in [2.45, 2.75) is 63.5 Å². The van der Waals surface area contributed by atoms with Crippen LogP contribution in [-0.4, -0.2) is 22.0 Å². The molecule has 0 aliphatic heterocycles. The van der Waals surface area contributed by atoms with E-state index in [0.717, 1.165) is 38.5 Å². The van der Waals surface area contributed by atoms with Gasteiger partial charge in [0.05, 0.1) is 11.7 Å². The number of nitrogens with one attached hydrogen (secondary N) is 1. The minimum atomic E-state index is -0.363. The lowest BCUT2D eigenvalue weighted by molar-refractivity contribution is 0.0149. The Morgan fingerprint density at radius 2 is 2.25 bits per heavy atom. The Labute approximate surface area is 119 Å². The monoisotopic (exact) mass is 277 g/mol. The molecular weight excluding hydrogens is 254 g/mol. The second-order valence-corrected chi connectivity index (χ2v) is 6.45. The molecule has 0 bridgehead atoms. The first kappa shape index (κ1) is 13.6. The van der Waals surface area contributed by atoms with Gasteiger partial charge in [0.1, 0.15) is 17.6 Å². The summed E-state index contributed by atoms with van der Waals surface area (Å²) in [6.07, 6.45) is 8.88. The summed E-state index contributed by atoms with van der Waals surface area (Å²) in [7, 11) is 0. The number of aromatic nitrogens is 2. The highest BCUT2D eigenvalue weighted by Crippen LogP contribution is 2.37. The number of H-pyrrole nitrogens is 1. The van der Waals surface area contributed by atoms with Gasteiger partial charge in [0.15, 0.2) is 0 Å². The summed E-state index contributed by atoms with van der Waals surface area (Å²) >= 11 is 0. The largest absolute Gasteiger partial charge is 0.458 e. The average molecular weight is 277 g/mol. The van der Waals surface area contributed by atoms with Crippen molar-refractivity contribution < 1.29 is 9.53 Å². The molecule has 2 aliphatic carbocycles. The zero-order valence-corrected chi connectivity index (χ0v) is 12.0. The lowest BCUT2D eigenvalue weighted by Gasteiger charge is -2.35. The van der Waals surface area contributed by atoms with Crippen LogP contribution in [0.3, 0.4) is 0 Å². The summed E-state index contributed by atoms with van der Waals surface area (Å²) in [5, 5.41) is 0. The van der Waals surface area contributed by atoms with Gasteiger partial charge in [0, 0.05) is 0 Å². The van der Waals surface area contributed by atoms with Gasteiger partial charge in [-0.25, -0.2) is 9.78 Å². The Balaban J connectivity index is 1.62. The summed E-state index contributed by atoms with van der Waals surface area (Å²) in [5.74, 6) is 1.06. The van der Waals surface area contributed by atoms with Crippen LogP contribution in [0.4, 0.5) is 0 Å². The summed E-state index contributed by atoms with van der Waals surface area (Å²) in [4.78, 5) is 19.4. The molecular formula is C15H23N3O2. The van der Waals surface area contributed by atoms with Crippen LogP contribution in [0.5, 0.6) is 0 Å². The Hall–Kier alpha value is -1.36. The SMILES string of the molecule is CC1CCCC(OC(=O)c2cnc(C3(N)CCC3)[nH]2)C1. The predicted molar refractivity (Wildman–Crippen MR) is 75.1 cm³/mol. The third-order valence-electron chi connectivity index (χ3n) is 4.68. The number of esters is 1. The maximum absolute atomic E-state index is 12.1. The van der Waals surface area contributed by atoms with Gasteiger partial charge in [-0.3, -0.25) is 0 Å². The standard InChI is InChI=1S/C15H23N3O2/c1-10-4-2-5-11(8-10)20-13(19)12-9-17-14(18-12)15(16)6-3-7-15/h9-11H,2-8,16H2,1H3,(H,17,18). The van der Waals surface area contributed by atoms with E-state index in [0.29, 0.717) is 17.4 Å². The number of imidazole rings is 1. The number of ether oxygens (including phenoxy) is 1. The lowest BCUT2D eigenvalue weighted by Crippen LogP contribution is -2.44. The molecule has 0 saturated heterocycles. The number of nitrogens with zero attached hydrogens (tertiary/aromatic N) is 1. The van der Waals surface area contributed by atoms with Crippen molar-refractivity contribution in [3.05, 3.63) is 17.7 Å². The molecule has 2 fully saturated rings. The van der Waals surface area contributed by atoms with Crippen LogP contribution >= 0.6 is 0 Å². The van der Waals surface area contributed by atoms with Gasteiger partial charge in [-0.05, 0) is 44.4 Å². The van der Waals surface area contributed by atoms with Gasteiger partial charge < -0.3 is 15.5 Å². The molecule has 20 heavy (non-hydrogen) atoms. The average Bonchev–Trinajstić information content (AvgIpc) is 2.86. The van der Waals surface area contributed by atoms with Crippen LogP contribution in [0.2, 0.25) is 0 Å². The Morgan fingerprint density at radius 3 is 2.90 bits per heavy atom. The zero-order valence-electron chi connectivity index (χ0n) is 12.0. The Morgan fingerprint density at radius 1 is 1.45 bits per heavy atom. The van der Waals surface area contributed by atoms with E-state index in [9.17, 15) is 4.79 Å². The second-order valence-electron chi connectivity index (χ2n) is 6.45. The molecule has 1 heterocycles. The highest BCUT2D eigenvalue weighted by molar-refractivity contribution is 5.87. The molecule has 3 N–H and O–H groups in total. The Kier molecular flexibility index (Phi) is 3.54. The topological polar surface area (TPSA) is 81.0 Å². The summed E-state index contributed by atoms with van der Waals surface area (Å²) in [6.45, 7) is 2.21. The highest BCUT2D eigenvalue weighted by atomic mass is 16.5. The number of hydrogen-bond acceptors (Lipinski definition) is 4. The minimum absolute atomic E-state index is 0.0496. The van der Waals surface area contributed by atoms with E-state index in [1.54, 1.807) is 6.20 Å². The first-order chi connectivity index (χ1) is 9.57. The minimum Gasteiger partial charge on any atom is -0.458 e. The summed E-state index contributed by atoms with van der Waals surface area (Å²) in [5.41, 5.74) is 6.26. The summed E-state index contributed by atoms with van der Waals surface area (Å²) < 4.78 is 5.57. The highest BCUT2D eigenvalue weighted by Gasteiger charge is 2.37. The molecule has 1 aromatic rings. The van der Waals surface area contributed by atoms with Crippen LogP contribution in [0, 0.1) is 5.92 Å². The molecule has 5 nitrogen and oxygen atoms in total. The number of rotatable bonds is 3. The van der Waals surface area contributed by atoms with E-state index in [-0.39, 0.29) is 17.6 Å². The third kappa shape index (κ3) is 2.59. The van der Waals surface area contributed by atoms with Gasteiger partial charge in [-0.15, -0.1) is 0 Å². The number of aromatic amines is 1. The van der Waals surface area contributed by atoms with Gasteiger partial charge in [-0.2, -0.15) is 0 Å². The third-order valence-corrected chi connectivity index (χ3v) is 4.68. The number of nitrogens with two attached hydrogens (primary N) is 1. The normalized spacial score (nSPS) is 28.7. The molecule has 2 atom stereocenters. The van der Waals surface area contributed by atoms with Crippen molar-refractivity contribution in [2.75, 3.05) is 0 Å². The van der Waals surface area contributed by atoms with Gasteiger partial charge >= 0.3 is 5.97 Å². The molecule has 0 amide bonds. The summed E-state index contributed by atoms with van der Waals surface area (Å²) in [6, 6.07) is 0. The van der Waals surface area contributed by atoms with Crippen molar-refractivity contribution in [1.29, 1.82) is 0 Å². The molecule has 2 saturated carbocycles. The fourth-order valence-corrected chi connectivity index (χ4v) is 3.17. The molecule has 2 unspecified atom stereocenters. The van der Waals surface area contributed by atoms with Gasteiger partial charge in [0.25, 0.3) is 0 Å². The molecule has 0 spiro atoms. The van der Waals surface area contributed by atoms with Crippen molar-refractivity contribution in [3.8, 4) is 0 Å². The molecule has 3 rings (SSSR count). The van der Waals surface area contributed by atoms with E-state index in [1.807, 2.05) is 0 Å². The fourth-order valence-electron chi connectivity index (χ4n) is 3.17. The maximum Gasteiger partial charge on any atom is 0.356 e. The first-order valence-electron chi connectivity index (χ1n) is 7.62. The van der Waals surface area contributed by atoms with Gasteiger partial charge in [0.2, 0.25) is 0 Å². The van der Waals surface area contributed by atoms with Crippen molar-refractivity contribution in [2.24, 2.45) is 11.7 Å². The second kappa shape index (κ2) is 5.20. The fraction of sp³-hybridized carbons (Fsp3) is 0.733. The zero-order chi connectivity index (χ0) is 14.2.